The second kappa shape index (κ2) is 5.01. The van der Waals surface area contributed by atoms with Crippen LogP contribution >= 0.6 is 11.6 Å². The predicted molar refractivity (Wildman–Crippen MR) is 64.6 cm³/mol. The quantitative estimate of drug-likeness (QED) is 0.871. The summed E-state index contributed by atoms with van der Waals surface area (Å²) in [4.78, 5) is 0. The fraction of sp³-hybridized carbons (Fsp3) is 0.0769. The maximum absolute atomic E-state index is 5.79. The molecule has 0 amide bonds. The summed E-state index contributed by atoms with van der Waals surface area (Å²) in [6.45, 7) is 0.793. The van der Waals surface area contributed by atoms with Crippen molar-refractivity contribution in [1.29, 1.82) is 0 Å². The monoisotopic (exact) mass is 234 g/mol. The van der Waals surface area contributed by atoms with Crippen molar-refractivity contribution >= 4 is 11.6 Å². The van der Waals surface area contributed by atoms with E-state index in [0.29, 0.717) is 5.02 Å². The van der Waals surface area contributed by atoms with Gasteiger partial charge in [0.15, 0.2) is 0 Å². The van der Waals surface area contributed by atoms with Gasteiger partial charge in [-0.05, 0) is 48.5 Å². The fourth-order valence-electron chi connectivity index (χ4n) is 1.36. The van der Waals surface area contributed by atoms with Gasteiger partial charge in [-0.1, -0.05) is 11.6 Å². The van der Waals surface area contributed by atoms with Crippen molar-refractivity contribution in [2.45, 2.75) is 6.54 Å². The van der Waals surface area contributed by atoms with E-state index in [1.807, 2.05) is 36.4 Å². The minimum absolute atomic E-state index is 0.708. The van der Waals surface area contributed by atoms with Crippen LogP contribution in [0.3, 0.4) is 0 Å². The molecule has 0 fully saturated rings. The van der Waals surface area contributed by atoms with Crippen molar-refractivity contribution in [1.82, 2.24) is 0 Å². The SMILES string of the molecule is [NH3+]Cc1ccc(Oc2ccc(Cl)cc2)cc1. The molecule has 0 bridgehead atoms. The first kappa shape index (κ1) is 11.0. The molecule has 0 aliphatic carbocycles. The maximum Gasteiger partial charge on any atom is 0.127 e. The smallest absolute Gasteiger partial charge is 0.127 e. The highest BCUT2D eigenvalue weighted by molar-refractivity contribution is 6.30. The minimum atomic E-state index is 0.708. The number of halogens is 1. The van der Waals surface area contributed by atoms with E-state index in [-0.39, 0.29) is 0 Å². The Kier molecular flexibility index (Phi) is 3.44. The van der Waals surface area contributed by atoms with E-state index in [2.05, 4.69) is 5.73 Å². The van der Waals surface area contributed by atoms with Gasteiger partial charge >= 0.3 is 0 Å². The number of ether oxygens (including phenoxy) is 1. The molecule has 0 saturated heterocycles. The standard InChI is InChI=1S/C13H12ClNO/c14-11-3-7-13(8-4-11)16-12-5-1-10(9-15)2-6-12/h1-8H,9,15H2/p+1. The maximum atomic E-state index is 5.79. The average molecular weight is 235 g/mol. The molecule has 0 radical (unpaired) electrons. The lowest BCUT2D eigenvalue weighted by molar-refractivity contribution is -0.386. The molecule has 2 aromatic carbocycles. The van der Waals surface area contributed by atoms with Gasteiger partial charge in [-0.25, -0.2) is 0 Å². The molecular formula is C13H13ClNO+. The predicted octanol–water partition coefficient (Wildman–Crippen LogP) is 2.87. The van der Waals surface area contributed by atoms with Crippen molar-refractivity contribution in [3.8, 4) is 11.5 Å². The van der Waals surface area contributed by atoms with Gasteiger partial charge in [-0.15, -0.1) is 0 Å². The molecule has 0 saturated carbocycles. The molecule has 2 nitrogen and oxygen atoms in total. The van der Waals surface area contributed by atoms with Gasteiger partial charge in [0.2, 0.25) is 0 Å². The highest BCUT2D eigenvalue weighted by Crippen LogP contribution is 2.23. The summed E-state index contributed by atoms with van der Waals surface area (Å²) in [6.07, 6.45) is 0. The van der Waals surface area contributed by atoms with Gasteiger partial charge < -0.3 is 10.5 Å². The summed E-state index contributed by atoms with van der Waals surface area (Å²) in [7, 11) is 0. The zero-order chi connectivity index (χ0) is 11.4. The Bertz CT molecular complexity index is 450. The topological polar surface area (TPSA) is 36.9 Å². The van der Waals surface area contributed by atoms with Gasteiger partial charge in [-0.3, -0.25) is 0 Å². The van der Waals surface area contributed by atoms with Crippen LogP contribution in [0.25, 0.3) is 0 Å². The normalized spacial score (nSPS) is 10.1. The van der Waals surface area contributed by atoms with Crippen LogP contribution in [-0.4, -0.2) is 0 Å². The minimum Gasteiger partial charge on any atom is -0.457 e. The van der Waals surface area contributed by atoms with E-state index in [1.165, 1.54) is 5.56 Å². The van der Waals surface area contributed by atoms with Crippen LogP contribution in [0.15, 0.2) is 48.5 Å². The Morgan fingerprint density at radius 2 is 1.38 bits per heavy atom. The fourth-order valence-corrected chi connectivity index (χ4v) is 1.49. The van der Waals surface area contributed by atoms with E-state index in [0.717, 1.165) is 18.0 Å². The van der Waals surface area contributed by atoms with E-state index in [4.69, 9.17) is 16.3 Å². The van der Waals surface area contributed by atoms with Gasteiger partial charge in [-0.2, -0.15) is 0 Å². The zero-order valence-electron chi connectivity index (χ0n) is 8.82. The Labute approximate surface area is 99.6 Å². The Morgan fingerprint density at radius 3 is 1.88 bits per heavy atom. The Morgan fingerprint density at radius 1 is 0.875 bits per heavy atom. The molecule has 82 valence electrons. The van der Waals surface area contributed by atoms with Crippen LogP contribution in [0, 0.1) is 0 Å². The molecule has 0 heterocycles. The largest absolute Gasteiger partial charge is 0.457 e. The molecule has 0 spiro atoms. The first-order valence-electron chi connectivity index (χ1n) is 5.09. The number of benzene rings is 2. The van der Waals surface area contributed by atoms with Crippen LogP contribution in [-0.2, 0) is 6.54 Å². The third kappa shape index (κ3) is 2.75. The van der Waals surface area contributed by atoms with Crippen molar-refractivity contribution in [3.63, 3.8) is 0 Å². The molecule has 0 unspecified atom stereocenters. The van der Waals surface area contributed by atoms with Crippen LogP contribution in [0.2, 0.25) is 5.02 Å². The first-order chi connectivity index (χ1) is 7.78. The van der Waals surface area contributed by atoms with Crippen LogP contribution in [0.1, 0.15) is 5.56 Å². The number of hydrogen-bond acceptors (Lipinski definition) is 1. The Balaban J connectivity index is 2.11. The second-order valence-corrected chi connectivity index (χ2v) is 3.89. The van der Waals surface area contributed by atoms with Crippen molar-refractivity contribution < 1.29 is 10.5 Å². The molecule has 3 N–H and O–H groups in total. The third-order valence-electron chi connectivity index (χ3n) is 2.26. The lowest BCUT2D eigenvalue weighted by atomic mass is 10.2. The molecule has 16 heavy (non-hydrogen) atoms. The summed E-state index contributed by atoms with van der Waals surface area (Å²) in [5.41, 5.74) is 5.02. The zero-order valence-corrected chi connectivity index (χ0v) is 9.58. The molecule has 0 aliphatic heterocycles. The van der Waals surface area contributed by atoms with Crippen molar-refractivity contribution in [2.75, 3.05) is 0 Å². The number of quaternary nitrogens is 1. The molecular weight excluding hydrogens is 222 g/mol. The third-order valence-corrected chi connectivity index (χ3v) is 2.51. The molecule has 3 heteroatoms. The van der Waals surface area contributed by atoms with Crippen LogP contribution in [0.4, 0.5) is 0 Å². The van der Waals surface area contributed by atoms with E-state index < -0.39 is 0 Å². The van der Waals surface area contributed by atoms with E-state index >= 15 is 0 Å². The van der Waals surface area contributed by atoms with Gasteiger partial charge in [0.05, 0.1) is 6.54 Å². The summed E-state index contributed by atoms with van der Waals surface area (Å²) in [5.74, 6) is 1.60. The average Bonchev–Trinajstić information content (AvgIpc) is 2.33. The summed E-state index contributed by atoms with van der Waals surface area (Å²) in [5, 5.41) is 0.708. The van der Waals surface area contributed by atoms with Gasteiger partial charge in [0.1, 0.15) is 11.5 Å². The summed E-state index contributed by atoms with van der Waals surface area (Å²) < 4.78 is 5.65. The number of rotatable bonds is 3. The molecule has 2 aromatic rings. The first-order valence-corrected chi connectivity index (χ1v) is 5.47. The summed E-state index contributed by atoms with van der Waals surface area (Å²) >= 11 is 5.79. The highest BCUT2D eigenvalue weighted by Gasteiger charge is 1.97. The molecule has 0 aliphatic rings. The van der Waals surface area contributed by atoms with Gasteiger partial charge in [0, 0.05) is 10.6 Å². The van der Waals surface area contributed by atoms with E-state index in [1.54, 1.807) is 12.1 Å². The van der Waals surface area contributed by atoms with Crippen molar-refractivity contribution in [2.24, 2.45) is 0 Å². The van der Waals surface area contributed by atoms with E-state index in [9.17, 15) is 0 Å². The van der Waals surface area contributed by atoms with Gasteiger partial charge in [0.25, 0.3) is 0 Å². The molecule has 0 atom stereocenters. The van der Waals surface area contributed by atoms with Crippen LogP contribution < -0.4 is 10.5 Å². The lowest BCUT2D eigenvalue weighted by Crippen LogP contribution is -2.47. The molecule has 0 aromatic heterocycles. The second-order valence-electron chi connectivity index (χ2n) is 3.45. The Hall–Kier alpha value is -1.51. The molecule has 2 rings (SSSR count). The number of hydrogen-bond donors (Lipinski definition) is 1. The lowest BCUT2D eigenvalue weighted by Gasteiger charge is -2.05. The summed E-state index contributed by atoms with van der Waals surface area (Å²) in [6, 6.07) is 15.2. The van der Waals surface area contributed by atoms with Crippen LogP contribution in [0.5, 0.6) is 11.5 Å². The van der Waals surface area contributed by atoms with Crippen molar-refractivity contribution in [3.05, 3.63) is 59.1 Å². The highest BCUT2D eigenvalue weighted by atomic mass is 35.5.